The number of fused-ring (bicyclic) bond motifs is 1. The van der Waals surface area contributed by atoms with Crippen LogP contribution in [-0.2, 0) is 24.4 Å². The van der Waals surface area contributed by atoms with E-state index in [4.69, 9.17) is 4.74 Å². The molecule has 6 N–H and O–H groups in total. The number of amides is 2. The van der Waals surface area contributed by atoms with Crippen LogP contribution in [-0.4, -0.2) is 78.6 Å². The van der Waals surface area contributed by atoms with Gasteiger partial charge in [-0.05, 0) is 61.9 Å². The Bertz CT molecular complexity index is 1800. The van der Waals surface area contributed by atoms with Crippen molar-refractivity contribution >= 4 is 50.9 Å². The molecule has 2 unspecified atom stereocenters. The fourth-order valence-corrected chi connectivity index (χ4v) is 8.39. The molecule has 0 spiro atoms. The molecule has 0 aromatic heterocycles. The van der Waals surface area contributed by atoms with Gasteiger partial charge in [-0.2, -0.15) is 0 Å². The Morgan fingerprint density at radius 1 is 1.00 bits per heavy atom. The van der Waals surface area contributed by atoms with Gasteiger partial charge in [0.1, 0.15) is 22.4 Å². The molecule has 13 nitrogen and oxygen atoms in total. The molecule has 3 aromatic carbocycles. The molecular weight excluding hydrogens is 709 g/mol. The first-order valence-corrected chi connectivity index (χ1v) is 20.0. The molecule has 1 aliphatic rings. The number of aliphatic hydroxyl groups excluding tert-OH is 1. The number of anilines is 2. The zero-order valence-electron chi connectivity index (χ0n) is 29.8. The van der Waals surface area contributed by atoms with Crippen LogP contribution in [0.25, 0.3) is 0 Å². The van der Waals surface area contributed by atoms with E-state index in [0.717, 1.165) is 31.4 Å². The Morgan fingerprint density at radius 2 is 1.63 bits per heavy atom. The van der Waals surface area contributed by atoms with Crippen LogP contribution in [0.1, 0.15) is 70.9 Å². The van der Waals surface area contributed by atoms with Crippen molar-refractivity contribution in [1.29, 1.82) is 0 Å². The van der Waals surface area contributed by atoms with E-state index in [0.29, 0.717) is 30.0 Å². The summed E-state index contributed by atoms with van der Waals surface area (Å²) in [5, 5.41) is 33.9. The summed E-state index contributed by atoms with van der Waals surface area (Å²) >= 11 is 1.32. The number of sulfonamides is 1. The quantitative estimate of drug-likeness (QED) is 0.103. The van der Waals surface area contributed by atoms with Crippen molar-refractivity contribution in [3.8, 4) is 11.5 Å². The fourth-order valence-electron chi connectivity index (χ4n) is 6.18. The molecule has 1 aliphatic heterocycles. The summed E-state index contributed by atoms with van der Waals surface area (Å²) in [6, 6.07) is 15.1. The maximum atomic E-state index is 14.3. The molecule has 15 heteroatoms. The number of benzene rings is 3. The predicted molar refractivity (Wildman–Crippen MR) is 200 cm³/mol. The minimum absolute atomic E-state index is 0.00128. The van der Waals surface area contributed by atoms with Gasteiger partial charge in [-0.1, -0.05) is 69.9 Å². The molecule has 52 heavy (non-hydrogen) atoms. The highest BCUT2D eigenvalue weighted by molar-refractivity contribution is 7.98. The number of phenols is 1. The third-order valence-corrected chi connectivity index (χ3v) is 11.3. The number of phenolic OH excluding ortho intramolecular Hbond substituents is 1. The fraction of sp³-hybridized carbons (Fsp3) is 0.432. The molecule has 0 saturated heterocycles. The molecule has 0 saturated carbocycles. The van der Waals surface area contributed by atoms with Crippen molar-refractivity contribution in [3.63, 3.8) is 0 Å². The van der Waals surface area contributed by atoms with Gasteiger partial charge >= 0.3 is 5.97 Å². The first kappa shape index (κ1) is 40.5. The lowest BCUT2D eigenvalue weighted by Gasteiger charge is -2.37. The highest BCUT2D eigenvalue weighted by Gasteiger charge is 2.42. The first-order valence-electron chi connectivity index (χ1n) is 17.2. The van der Waals surface area contributed by atoms with Crippen molar-refractivity contribution in [2.75, 3.05) is 24.3 Å². The average Bonchev–Trinajstić information content (AvgIpc) is 3.21. The lowest BCUT2D eigenvalue weighted by molar-refractivity contribution is -0.145. The number of hydrogen-bond acceptors (Lipinski definition) is 10. The molecule has 3 aromatic rings. The summed E-state index contributed by atoms with van der Waals surface area (Å²) in [6.07, 6.45) is 5.16. The number of carboxylic acid groups (broad SMARTS) is 1. The van der Waals surface area contributed by atoms with Crippen LogP contribution in [0.4, 0.5) is 11.4 Å². The number of aromatic hydroxyl groups is 1. The average molecular weight is 757 g/mol. The van der Waals surface area contributed by atoms with E-state index in [1.807, 2.05) is 41.5 Å². The van der Waals surface area contributed by atoms with Gasteiger partial charge < -0.3 is 35.6 Å². The van der Waals surface area contributed by atoms with Crippen LogP contribution in [0.5, 0.6) is 11.5 Å². The van der Waals surface area contributed by atoms with Gasteiger partial charge in [-0.15, -0.1) is 11.8 Å². The normalized spacial score (nSPS) is 16.4. The molecule has 0 bridgehead atoms. The van der Waals surface area contributed by atoms with Crippen molar-refractivity contribution in [1.82, 2.24) is 15.4 Å². The number of rotatable bonds is 17. The Hall–Kier alpha value is -4.31. The van der Waals surface area contributed by atoms with Gasteiger partial charge in [0.2, 0.25) is 15.9 Å². The van der Waals surface area contributed by atoms with Crippen LogP contribution in [0, 0.1) is 0 Å². The predicted octanol–water partition coefficient (Wildman–Crippen LogP) is 4.85. The van der Waals surface area contributed by atoms with Crippen LogP contribution in [0.3, 0.4) is 0 Å². The number of thioether (sulfide) groups is 1. The smallest absolute Gasteiger partial charge is 0.328 e. The Morgan fingerprint density at radius 3 is 2.19 bits per heavy atom. The summed E-state index contributed by atoms with van der Waals surface area (Å²) in [5.74, 6) is -3.13. The molecule has 4 rings (SSSR count). The van der Waals surface area contributed by atoms with E-state index in [1.54, 1.807) is 6.07 Å². The summed E-state index contributed by atoms with van der Waals surface area (Å²) in [6.45, 7) is 5.15. The van der Waals surface area contributed by atoms with Crippen LogP contribution in [0.2, 0.25) is 0 Å². The van der Waals surface area contributed by atoms with Gasteiger partial charge in [0, 0.05) is 18.3 Å². The number of nitrogens with one attached hydrogen (secondary N) is 3. The van der Waals surface area contributed by atoms with Gasteiger partial charge in [-0.25, -0.2) is 17.9 Å². The SMILES string of the molecule is CCCCC1(CCCC)CN(c2ccccc2)c2cc(SC)c(OCC(=O)N[C@@H](C(=O)NC(C(=O)O)C(C)O)c3ccc(O)cc3)cc2S(=O)(=O)N1. The molecule has 0 aliphatic carbocycles. The summed E-state index contributed by atoms with van der Waals surface area (Å²) in [5.41, 5.74) is 0.794. The van der Waals surface area contributed by atoms with E-state index in [-0.39, 0.29) is 22.0 Å². The second kappa shape index (κ2) is 17.9. The molecule has 282 valence electrons. The van der Waals surface area contributed by atoms with E-state index < -0.39 is 58.1 Å². The minimum atomic E-state index is -4.09. The number of carboxylic acids is 1. The monoisotopic (exact) mass is 756 g/mol. The van der Waals surface area contributed by atoms with Gasteiger partial charge in [0.05, 0.1) is 22.2 Å². The van der Waals surface area contributed by atoms with Crippen molar-refractivity contribution in [2.45, 2.75) is 92.8 Å². The van der Waals surface area contributed by atoms with Crippen LogP contribution in [0.15, 0.2) is 76.5 Å². The lowest BCUT2D eigenvalue weighted by Crippen LogP contribution is -2.53. The van der Waals surface area contributed by atoms with E-state index in [1.165, 1.54) is 49.0 Å². The number of unbranched alkanes of at least 4 members (excludes halogenated alkanes) is 2. The van der Waals surface area contributed by atoms with Gasteiger partial charge in [-0.3, -0.25) is 9.59 Å². The van der Waals surface area contributed by atoms with Gasteiger partial charge in [0.15, 0.2) is 12.6 Å². The molecule has 2 amide bonds. The Balaban J connectivity index is 1.69. The number of carbonyl (C=O) groups is 3. The summed E-state index contributed by atoms with van der Waals surface area (Å²) in [4.78, 5) is 40.9. The number of ether oxygens (including phenoxy) is 1. The minimum Gasteiger partial charge on any atom is -0.508 e. The Labute approximate surface area is 309 Å². The third kappa shape index (κ3) is 9.97. The topological polar surface area (TPSA) is 195 Å². The standard InChI is InChI=1S/C37H48N4O9S2/c1-5-7-18-37(19-8-6-2)23-41(26-12-10-9-11-13-26)28-20-30(51-4)29(21-31(28)52(48,49)40-37)50-22-32(44)38-34(25-14-16-27(43)17-15-25)35(45)39-33(24(3)42)36(46)47/h9-17,20-21,24,33-34,40,42-43H,5-8,18-19,22-23H2,1-4H3,(H,38,44)(H,39,45)(H,46,47)/t24?,33?,34-/m1/s1. The summed E-state index contributed by atoms with van der Waals surface area (Å²) in [7, 11) is -4.09. The molecule has 1 heterocycles. The number of nitrogens with zero attached hydrogens (tertiary/aromatic N) is 1. The third-order valence-electron chi connectivity index (χ3n) is 8.92. The highest BCUT2D eigenvalue weighted by Crippen LogP contribution is 2.44. The second-order valence-corrected chi connectivity index (χ2v) is 15.4. The van der Waals surface area contributed by atoms with Crippen molar-refractivity contribution < 1.29 is 42.9 Å². The molecule has 3 atom stereocenters. The van der Waals surface area contributed by atoms with Gasteiger partial charge in [0.25, 0.3) is 5.91 Å². The maximum absolute atomic E-state index is 14.3. The molecular formula is C37H48N4O9S2. The maximum Gasteiger partial charge on any atom is 0.328 e. The van der Waals surface area contributed by atoms with E-state index in [9.17, 15) is 38.1 Å². The van der Waals surface area contributed by atoms with Crippen LogP contribution < -0.4 is 25.0 Å². The Kier molecular flexibility index (Phi) is 14.0. The molecule has 0 fully saturated rings. The zero-order chi connectivity index (χ0) is 38.1. The van der Waals surface area contributed by atoms with Crippen molar-refractivity contribution in [2.24, 2.45) is 0 Å². The zero-order valence-corrected chi connectivity index (χ0v) is 31.4. The highest BCUT2D eigenvalue weighted by atomic mass is 32.2. The second-order valence-electron chi connectivity index (χ2n) is 12.9. The number of hydrogen-bond donors (Lipinski definition) is 6. The molecule has 0 radical (unpaired) electrons. The van der Waals surface area contributed by atoms with E-state index in [2.05, 4.69) is 29.2 Å². The van der Waals surface area contributed by atoms with Crippen LogP contribution >= 0.6 is 11.8 Å². The first-order chi connectivity index (χ1) is 24.7. The number of carbonyl (C=O) groups excluding carboxylic acids is 2. The lowest BCUT2D eigenvalue weighted by atomic mass is 9.87. The number of aliphatic hydroxyl groups is 1. The summed E-state index contributed by atoms with van der Waals surface area (Å²) < 4.78 is 37.6. The van der Waals surface area contributed by atoms with Crippen molar-refractivity contribution in [3.05, 3.63) is 72.3 Å². The number of aliphatic carboxylic acids is 1. The number of para-hydroxylation sites is 1. The largest absolute Gasteiger partial charge is 0.508 e. The van der Waals surface area contributed by atoms with E-state index >= 15 is 0 Å².